The third kappa shape index (κ3) is 3.41. The van der Waals surface area contributed by atoms with E-state index in [1.807, 2.05) is 31.2 Å². The molecule has 1 N–H and O–H groups in total. The van der Waals surface area contributed by atoms with Crippen LogP contribution in [-0.4, -0.2) is 17.8 Å². The molecule has 0 unspecified atom stereocenters. The maximum atomic E-state index is 12.2. The number of furan rings is 1. The standard InChI is InChI=1S/C17H20ClNO2/c1-11-2-7-15-13(8-11)9-16(21-15)17(20)19-10-12-3-5-14(18)6-4-12/h2,7-9,12,14H,3-6,10H2,1H3,(H,19,20). The highest BCUT2D eigenvalue weighted by atomic mass is 35.5. The SMILES string of the molecule is Cc1ccc2oc(C(=O)NCC3CCC(Cl)CC3)cc2c1. The zero-order valence-corrected chi connectivity index (χ0v) is 13.0. The molecule has 0 atom stereocenters. The summed E-state index contributed by atoms with van der Waals surface area (Å²) in [6.45, 7) is 2.73. The largest absolute Gasteiger partial charge is 0.451 e. The van der Waals surface area contributed by atoms with Gasteiger partial charge in [-0.25, -0.2) is 0 Å². The lowest BCUT2D eigenvalue weighted by molar-refractivity contribution is 0.0918. The van der Waals surface area contributed by atoms with Gasteiger partial charge in [-0.05, 0) is 56.7 Å². The molecule has 1 heterocycles. The van der Waals surface area contributed by atoms with Gasteiger partial charge in [0.1, 0.15) is 5.58 Å². The highest BCUT2D eigenvalue weighted by Gasteiger charge is 2.20. The second kappa shape index (κ2) is 6.10. The molecule has 1 aliphatic rings. The fourth-order valence-corrected chi connectivity index (χ4v) is 3.18. The van der Waals surface area contributed by atoms with Crippen LogP contribution >= 0.6 is 11.6 Å². The minimum Gasteiger partial charge on any atom is -0.451 e. The number of amides is 1. The van der Waals surface area contributed by atoms with Gasteiger partial charge in [0.2, 0.25) is 0 Å². The van der Waals surface area contributed by atoms with E-state index in [9.17, 15) is 4.79 Å². The summed E-state index contributed by atoms with van der Waals surface area (Å²) < 4.78 is 5.61. The maximum absolute atomic E-state index is 12.2. The first-order valence-electron chi connectivity index (χ1n) is 7.54. The number of hydrogen-bond donors (Lipinski definition) is 1. The topological polar surface area (TPSA) is 42.2 Å². The van der Waals surface area contributed by atoms with Gasteiger partial charge < -0.3 is 9.73 Å². The Balaban J connectivity index is 1.61. The van der Waals surface area contributed by atoms with Crippen LogP contribution in [-0.2, 0) is 0 Å². The van der Waals surface area contributed by atoms with Crippen molar-refractivity contribution in [3.63, 3.8) is 0 Å². The normalized spacial score (nSPS) is 22.4. The summed E-state index contributed by atoms with van der Waals surface area (Å²) in [7, 11) is 0. The van der Waals surface area contributed by atoms with Gasteiger partial charge in [-0.2, -0.15) is 0 Å². The Morgan fingerprint density at radius 2 is 2.05 bits per heavy atom. The summed E-state index contributed by atoms with van der Waals surface area (Å²) in [5.74, 6) is 0.800. The van der Waals surface area contributed by atoms with Crippen molar-refractivity contribution in [1.82, 2.24) is 5.32 Å². The number of carbonyl (C=O) groups excluding carboxylic acids is 1. The van der Waals surface area contributed by atoms with E-state index in [0.717, 1.165) is 42.2 Å². The third-order valence-corrected chi connectivity index (χ3v) is 4.66. The van der Waals surface area contributed by atoms with E-state index in [2.05, 4.69) is 5.32 Å². The molecule has 1 saturated carbocycles. The number of rotatable bonds is 3. The molecule has 21 heavy (non-hydrogen) atoms. The van der Waals surface area contributed by atoms with Gasteiger partial charge in [0, 0.05) is 17.3 Å². The molecule has 3 rings (SSSR count). The fraction of sp³-hybridized carbons (Fsp3) is 0.471. The molecule has 0 bridgehead atoms. The van der Waals surface area contributed by atoms with E-state index in [1.54, 1.807) is 0 Å². The number of aryl methyl sites for hydroxylation is 1. The van der Waals surface area contributed by atoms with Crippen molar-refractivity contribution < 1.29 is 9.21 Å². The minimum atomic E-state index is -0.128. The van der Waals surface area contributed by atoms with Crippen molar-refractivity contribution >= 4 is 28.5 Å². The van der Waals surface area contributed by atoms with Crippen LogP contribution in [0.4, 0.5) is 0 Å². The first-order valence-corrected chi connectivity index (χ1v) is 7.98. The number of benzene rings is 1. The monoisotopic (exact) mass is 305 g/mol. The molecule has 1 fully saturated rings. The number of alkyl halides is 1. The van der Waals surface area contributed by atoms with Gasteiger partial charge in [0.15, 0.2) is 5.76 Å². The van der Waals surface area contributed by atoms with Crippen molar-refractivity contribution in [3.05, 3.63) is 35.6 Å². The molecule has 1 aromatic heterocycles. The highest BCUT2D eigenvalue weighted by molar-refractivity contribution is 6.20. The van der Waals surface area contributed by atoms with Crippen LogP contribution in [0.3, 0.4) is 0 Å². The van der Waals surface area contributed by atoms with Gasteiger partial charge in [-0.15, -0.1) is 11.6 Å². The Labute approximate surface area is 129 Å². The van der Waals surface area contributed by atoms with Gasteiger partial charge in [-0.1, -0.05) is 11.6 Å². The second-order valence-electron chi connectivity index (χ2n) is 5.98. The van der Waals surface area contributed by atoms with E-state index >= 15 is 0 Å². The number of nitrogens with one attached hydrogen (secondary N) is 1. The van der Waals surface area contributed by atoms with Crippen molar-refractivity contribution in [3.8, 4) is 0 Å². The quantitative estimate of drug-likeness (QED) is 0.861. The van der Waals surface area contributed by atoms with Crippen LogP contribution in [0.15, 0.2) is 28.7 Å². The van der Waals surface area contributed by atoms with E-state index in [1.165, 1.54) is 0 Å². The number of carbonyl (C=O) groups is 1. The number of hydrogen-bond acceptors (Lipinski definition) is 2. The Morgan fingerprint density at radius 1 is 1.29 bits per heavy atom. The average Bonchev–Trinajstić information content (AvgIpc) is 2.89. The Hall–Kier alpha value is -1.48. The van der Waals surface area contributed by atoms with Crippen LogP contribution in [0.25, 0.3) is 11.0 Å². The third-order valence-electron chi connectivity index (χ3n) is 4.22. The molecule has 0 radical (unpaired) electrons. The molecule has 0 aliphatic heterocycles. The van der Waals surface area contributed by atoms with E-state index < -0.39 is 0 Å². The summed E-state index contributed by atoms with van der Waals surface area (Å²) in [5, 5.41) is 4.27. The van der Waals surface area contributed by atoms with Gasteiger partial charge >= 0.3 is 0 Å². The van der Waals surface area contributed by atoms with Gasteiger partial charge in [-0.3, -0.25) is 4.79 Å². The number of halogens is 1. The van der Waals surface area contributed by atoms with E-state index in [0.29, 0.717) is 23.6 Å². The first kappa shape index (κ1) is 14.5. The predicted octanol–water partition coefficient (Wildman–Crippen LogP) is 4.27. The van der Waals surface area contributed by atoms with Crippen molar-refractivity contribution in [2.24, 2.45) is 5.92 Å². The summed E-state index contributed by atoms with van der Waals surface area (Å²) in [6, 6.07) is 7.73. The highest BCUT2D eigenvalue weighted by Crippen LogP contribution is 2.27. The van der Waals surface area contributed by atoms with Crippen LogP contribution in [0.1, 0.15) is 41.8 Å². The van der Waals surface area contributed by atoms with Crippen LogP contribution < -0.4 is 5.32 Å². The predicted molar refractivity (Wildman–Crippen MR) is 84.9 cm³/mol. The van der Waals surface area contributed by atoms with Crippen molar-refractivity contribution in [2.75, 3.05) is 6.54 Å². The maximum Gasteiger partial charge on any atom is 0.287 e. The Kier molecular flexibility index (Phi) is 4.20. The minimum absolute atomic E-state index is 0.128. The molecule has 4 heteroatoms. The molecule has 112 valence electrons. The second-order valence-corrected chi connectivity index (χ2v) is 6.60. The molecule has 0 spiro atoms. The zero-order chi connectivity index (χ0) is 14.8. The number of fused-ring (bicyclic) bond motifs is 1. The zero-order valence-electron chi connectivity index (χ0n) is 12.2. The van der Waals surface area contributed by atoms with Crippen LogP contribution in [0, 0.1) is 12.8 Å². The lowest BCUT2D eigenvalue weighted by Crippen LogP contribution is -2.31. The summed E-state index contributed by atoms with van der Waals surface area (Å²) in [4.78, 5) is 12.2. The first-order chi connectivity index (χ1) is 10.1. The average molecular weight is 306 g/mol. The van der Waals surface area contributed by atoms with E-state index in [-0.39, 0.29) is 5.91 Å². The lowest BCUT2D eigenvalue weighted by atomic mass is 9.89. The molecular formula is C17H20ClNO2. The molecule has 2 aromatic rings. The summed E-state index contributed by atoms with van der Waals surface area (Å²) in [6.07, 6.45) is 4.28. The van der Waals surface area contributed by atoms with Crippen molar-refractivity contribution in [2.45, 2.75) is 38.0 Å². The smallest absolute Gasteiger partial charge is 0.287 e. The Morgan fingerprint density at radius 3 is 2.81 bits per heavy atom. The van der Waals surface area contributed by atoms with Crippen LogP contribution in [0.2, 0.25) is 0 Å². The summed E-state index contributed by atoms with van der Waals surface area (Å²) >= 11 is 6.10. The fourth-order valence-electron chi connectivity index (χ4n) is 2.92. The molecule has 1 aromatic carbocycles. The van der Waals surface area contributed by atoms with Crippen molar-refractivity contribution in [1.29, 1.82) is 0 Å². The van der Waals surface area contributed by atoms with Gasteiger partial charge in [0.05, 0.1) is 0 Å². The van der Waals surface area contributed by atoms with E-state index in [4.69, 9.17) is 16.0 Å². The molecule has 1 aliphatic carbocycles. The van der Waals surface area contributed by atoms with Gasteiger partial charge in [0.25, 0.3) is 5.91 Å². The lowest BCUT2D eigenvalue weighted by Gasteiger charge is -2.24. The Bertz CT molecular complexity index is 641. The molecule has 1 amide bonds. The molecule has 3 nitrogen and oxygen atoms in total. The molecular weight excluding hydrogens is 286 g/mol. The molecule has 0 saturated heterocycles. The summed E-state index contributed by atoms with van der Waals surface area (Å²) in [5.41, 5.74) is 1.92. The van der Waals surface area contributed by atoms with Crippen LogP contribution in [0.5, 0.6) is 0 Å².